The molecule has 154 valence electrons. The number of nitrogens with zero attached hydrogens (tertiary/aromatic N) is 5. The van der Waals surface area contributed by atoms with Gasteiger partial charge >= 0.3 is 6.18 Å². The zero-order valence-corrected chi connectivity index (χ0v) is 15.7. The van der Waals surface area contributed by atoms with Crippen molar-refractivity contribution in [2.45, 2.75) is 12.6 Å². The summed E-state index contributed by atoms with van der Waals surface area (Å²) >= 11 is 6.39. The van der Waals surface area contributed by atoms with Gasteiger partial charge in [0.1, 0.15) is 28.9 Å². The van der Waals surface area contributed by atoms with Gasteiger partial charge in [0.2, 0.25) is 0 Å². The van der Waals surface area contributed by atoms with E-state index in [-0.39, 0.29) is 16.5 Å². The standard InChI is InChI=1S/C18H15ClF5N5/c19-16-14(3-4-29-15(10-18(22,23)24)25-26-17(16)29)28-7-5-27(6-8-28)13-2-1-11(20)9-12(13)21/h1-4,9H,5-8,10H2. The number of rotatable bonds is 3. The van der Waals surface area contributed by atoms with Crippen LogP contribution in [0, 0.1) is 11.6 Å². The van der Waals surface area contributed by atoms with E-state index in [1.54, 1.807) is 11.0 Å². The number of fused-ring (bicyclic) bond motifs is 1. The van der Waals surface area contributed by atoms with Crippen LogP contribution in [0.1, 0.15) is 5.82 Å². The first-order valence-electron chi connectivity index (χ1n) is 8.77. The Kier molecular flexibility index (Phi) is 4.97. The molecule has 0 radical (unpaired) electrons. The molecule has 4 rings (SSSR count). The van der Waals surface area contributed by atoms with Crippen LogP contribution in [0.2, 0.25) is 5.02 Å². The second-order valence-electron chi connectivity index (χ2n) is 6.69. The van der Waals surface area contributed by atoms with Crippen molar-refractivity contribution in [1.82, 2.24) is 14.6 Å². The molecule has 0 atom stereocenters. The second-order valence-corrected chi connectivity index (χ2v) is 7.06. The molecule has 1 saturated heterocycles. The fourth-order valence-corrected chi connectivity index (χ4v) is 3.74. The van der Waals surface area contributed by atoms with Crippen LogP contribution in [-0.2, 0) is 6.42 Å². The van der Waals surface area contributed by atoms with Crippen LogP contribution in [-0.4, -0.2) is 47.0 Å². The monoisotopic (exact) mass is 431 g/mol. The number of anilines is 2. The van der Waals surface area contributed by atoms with E-state index in [1.807, 2.05) is 4.90 Å². The number of alkyl halides is 3. The van der Waals surface area contributed by atoms with Crippen molar-refractivity contribution < 1.29 is 22.0 Å². The van der Waals surface area contributed by atoms with Gasteiger partial charge in [-0.05, 0) is 18.2 Å². The highest BCUT2D eigenvalue weighted by molar-refractivity contribution is 6.36. The summed E-state index contributed by atoms with van der Waals surface area (Å²) in [4.78, 5) is 3.74. The van der Waals surface area contributed by atoms with Gasteiger partial charge in [-0.25, -0.2) is 8.78 Å². The predicted molar refractivity (Wildman–Crippen MR) is 98.5 cm³/mol. The molecule has 0 unspecified atom stereocenters. The average molecular weight is 432 g/mol. The van der Waals surface area contributed by atoms with Crippen LogP contribution in [0.3, 0.4) is 0 Å². The second kappa shape index (κ2) is 7.33. The van der Waals surface area contributed by atoms with Crippen molar-refractivity contribution in [2.24, 2.45) is 0 Å². The number of hydrogen-bond acceptors (Lipinski definition) is 4. The highest BCUT2D eigenvalue weighted by Gasteiger charge is 2.31. The molecule has 3 aromatic rings. The maximum atomic E-state index is 14.0. The van der Waals surface area contributed by atoms with Crippen molar-refractivity contribution in [3.05, 3.63) is 52.9 Å². The zero-order valence-electron chi connectivity index (χ0n) is 14.9. The fourth-order valence-electron chi connectivity index (χ4n) is 3.43. The molecule has 11 heteroatoms. The van der Waals surface area contributed by atoms with Crippen LogP contribution < -0.4 is 9.80 Å². The summed E-state index contributed by atoms with van der Waals surface area (Å²) in [5, 5.41) is 7.61. The molecule has 3 heterocycles. The molecule has 0 bridgehead atoms. The third-order valence-corrected chi connectivity index (χ3v) is 5.16. The van der Waals surface area contributed by atoms with Gasteiger partial charge in [0.15, 0.2) is 5.65 Å². The largest absolute Gasteiger partial charge is 0.396 e. The van der Waals surface area contributed by atoms with Gasteiger partial charge in [0.05, 0.1) is 11.4 Å². The number of piperazine rings is 1. The topological polar surface area (TPSA) is 36.7 Å². The van der Waals surface area contributed by atoms with E-state index in [9.17, 15) is 22.0 Å². The van der Waals surface area contributed by atoms with Gasteiger partial charge in [0, 0.05) is 38.4 Å². The summed E-state index contributed by atoms with van der Waals surface area (Å²) in [7, 11) is 0. The highest BCUT2D eigenvalue weighted by Crippen LogP contribution is 2.32. The molecule has 1 aromatic carbocycles. The Labute approximate surface area is 167 Å². The molecule has 0 N–H and O–H groups in total. The van der Waals surface area contributed by atoms with E-state index in [2.05, 4.69) is 10.2 Å². The van der Waals surface area contributed by atoms with E-state index in [0.29, 0.717) is 37.6 Å². The van der Waals surface area contributed by atoms with E-state index in [1.165, 1.54) is 22.7 Å². The van der Waals surface area contributed by atoms with E-state index in [0.717, 1.165) is 6.07 Å². The van der Waals surface area contributed by atoms with Gasteiger partial charge in [-0.15, -0.1) is 10.2 Å². The Morgan fingerprint density at radius 1 is 0.931 bits per heavy atom. The molecule has 0 amide bonds. The Bertz CT molecular complexity index is 1040. The smallest absolute Gasteiger partial charge is 0.367 e. The molecule has 1 aliphatic rings. The number of halogens is 6. The maximum Gasteiger partial charge on any atom is 0.396 e. The summed E-state index contributed by atoms with van der Waals surface area (Å²) in [5.74, 6) is -1.50. The van der Waals surface area contributed by atoms with Crippen LogP contribution in [0.15, 0.2) is 30.5 Å². The number of benzene rings is 1. The SMILES string of the molecule is Fc1ccc(N2CCN(c3ccn4c(CC(F)(F)F)nnc4c3Cl)CC2)c(F)c1. The van der Waals surface area contributed by atoms with Gasteiger partial charge < -0.3 is 9.80 Å². The predicted octanol–water partition coefficient (Wildman–Crippen LogP) is 4.09. The van der Waals surface area contributed by atoms with E-state index in [4.69, 9.17) is 11.6 Å². The molecular formula is C18H15ClF5N5. The summed E-state index contributed by atoms with van der Waals surface area (Å²) < 4.78 is 66.3. The molecule has 0 saturated carbocycles. The lowest BCUT2D eigenvalue weighted by molar-refractivity contribution is -0.128. The first-order valence-corrected chi connectivity index (χ1v) is 9.14. The Morgan fingerprint density at radius 2 is 1.59 bits per heavy atom. The lowest BCUT2D eigenvalue weighted by atomic mass is 10.2. The van der Waals surface area contributed by atoms with Gasteiger partial charge in [0.25, 0.3) is 0 Å². The molecule has 29 heavy (non-hydrogen) atoms. The molecule has 1 fully saturated rings. The summed E-state index contributed by atoms with van der Waals surface area (Å²) in [5.41, 5.74) is 1.08. The zero-order chi connectivity index (χ0) is 20.8. The first kappa shape index (κ1) is 19.7. The van der Waals surface area contributed by atoms with E-state index < -0.39 is 24.2 Å². The fraction of sp³-hybridized carbons (Fsp3) is 0.333. The summed E-state index contributed by atoms with van der Waals surface area (Å²) in [6, 6.07) is 5.07. The molecule has 0 aliphatic carbocycles. The minimum absolute atomic E-state index is 0.149. The van der Waals surface area contributed by atoms with Gasteiger partial charge in [-0.1, -0.05) is 11.6 Å². The minimum atomic E-state index is -4.40. The quantitative estimate of drug-likeness (QED) is 0.585. The first-order chi connectivity index (χ1) is 13.7. The highest BCUT2D eigenvalue weighted by atomic mass is 35.5. The van der Waals surface area contributed by atoms with Crippen LogP contribution in [0.5, 0.6) is 0 Å². The third-order valence-electron chi connectivity index (χ3n) is 4.80. The Hall–Kier alpha value is -2.62. The molecule has 5 nitrogen and oxygen atoms in total. The molecular weight excluding hydrogens is 417 g/mol. The number of hydrogen-bond donors (Lipinski definition) is 0. The van der Waals surface area contributed by atoms with Crippen molar-refractivity contribution in [3.63, 3.8) is 0 Å². The molecule has 2 aromatic heterocycles. The number of aromatic nitrogens is 3. The maximum absolute atomic E-state index is 14.0. The Morgan fingerprint density at radius 3 is 2.21 bits per heavy atom. The average Bonchev–Trinajstić information content (AvgIpc) is 3.04. The summed E-state index contributed by atoms with van der Waals surface area (Å²) in [6.07, 6.45) is -4.14. The van der Waals surface area contributed by atoms with Gasteiger partial charge in [-0.2, -0.15) is 13.2 Å². The summed E-state index contributed by atoms with van der Waals surface area (Å²) in [6.45, 7) is 1.93. The Balaban J connectivity index is 1.53. The van der Waals surface area contributed by atoms with E-state index >= 15 is 0 Å². The van der Waals surface area contributed by atoms with Crippen LogP contribution in [0.25, 0.3) is 5.65 Å². The molecule has 0 spiro atoms. The van der Waals surface area contributed by atoms with Crippen LogP contribution >= 0.6 is 11.6 Å². The van der Waals surface area contributed by atoms with Gasteiger partial charge in [-0.3, -0.25) is 4.40 Å². The van der Waals surface area contributed by atoms with Crippen LogP contribution in [0.4, 0.5) is 33.3 Å². The van der Waals surface area contributed by atoms with Crippen molar-refractivity contribution >= 4 is 28.6 Å². The van der Waals surface area contributed by atoms with Crippen molar-refractivity contribution in [1.29, 1.82) is 0 Å². The van der Waals surface area contributed by atoms with Crippen molar-refractivity contribution in [2.75, 3.05) is 36.0 Å². The lowest BCUT2D eigenvalue weighted by Crippen LogP contribution is -2.47. The minimum Gasteiger partial charge on any atom is -0.367 e. The molecule has 1 aliphatic heterocycles. The third kappa shape index (κ3) is 3.93. The normalized spacial score (nSPS) is 15.4. The van der Waals surface area contributed by atoms with Crippen molar-refractivity contribution in [3.8, 4) is 0 Å². The lowest BCUT2D eigenvalue weighted by Gasteiger charge is -2.37. The number of pyridine rings is 1.